The molecule has 0 saturated heterocycles. The van der Waals surface area contributed by atoms with E-state index >= 15 is 0 Å². The number of rotatable bonds is 4. The van der Waals surface area contributed by atoms with Crippen molar-refractivity contribution in [3.63, 3.8) is 0 Å². The molecule has 0 aliphatic heterocycles. The van der Waals surface area contributed by atoms with Crippen molar-refractivity contribution in [3.8, 4) is 0 Å². The number of carbonyl (C=O) groups excluding carboxylic acids is 1. The van der Waals surface area contributed by atoms with Crippen LogP contribution in [-0.2, 0) is 11.3 Å². The van der Waals surface area contributed by atoms with Crippen molar-refractivity contribution in [2.24, 2.45) is 5.73 Å². The van der Waals surface area contributed by atoms with E-state index in [0.717, 1.165) is 5.56 Å². The lowest BCUT2D eigenvalue weighted by atomic mass is 10.1. The largest absolute Gasteiger partial charge is 0.340 e. The minimum atomic E-state index is -0.398. The van der Waals surface area contributed by atoms with Crippen LogP contribution in [0.2, 0.25) is 0 Å². The number of amides is 1. The summed E-state index contributed by atoms with van der Waals surface area (Å²) in [7, 11) is 1.80. The van der Waals surface area contributed by atoms with Gasteiger partial charge >= 0.3 is 0 Å². The summed E-state index contributed by atoms with van der Waals surface area (Å²) in [6, 6.07) is 14.1. The number of hydrogen-bond donors (Lipinski definition) is 1. The molecular formula is C16H20N2O. The van der Waals surface area contributed by atoms with Gasteiger partial charge in [-0.2, -0.15) is 0 Å². The predicted molar refractivity (Wildman–Crippen MR) is 78.7 cm³/mol. The summed E-state index contributed by atoms with van der Waals surface area (Å²) < 4.78 is 0. The molecule has 0 unspecified atom stereocenters. The van der Waals surface area contributed by atoms with E-state index in [4.69, 9.17) is 5.73 Å². The van der Waals surface area contributed by atoms with Crippen LogP contribution in [0.5, 0.6) is 0 Å². The quantitative estimate of drug-likeness (QED) is 0.913. The van der Waals surface area contributed by atoms with Crippen molar-refractivity contribution < 1.29 is 4.79 Å². The summed E-state index contributed by atoms with van der Waals surface area (Å²) in [5.74, 6) is -0.00402. The molecule has 0 saturated carbocycles. The fraction of sp³-hybridized carbons (Fsp3) is 0.312. The Morgan fingerprint density at radius 2 is 1.89 bits per heavy atom. The minimum Gasteiger partial charge on any atom is -0.340 e. The number of nitrogens with zero attached hydrogens (tertiary/aromatic N) is 1. The lowest BCUT2D eigenvalue weighted by molar-refractivity contribution is -0.131. The Balaban J connectivity index is 2.15. The third-order valence-corrected chi connectivity index (χ3v) is 3.37. The van der Waals surface area contributed by atoms with Gasteiger partial charge in [-0.05, 0) is 28.8 Å². The Kier molecular flexibility index (Phi) is 4.17. The Labute approximate surface area is 114 Å². The number of hydrogen-bond acceptors (Lipinski definition) is 2. The lowest BCUT2D eigenvalue weighted by Gasteiger charge is -2.20. The second-order valence-corrected chi connectivity index (χ2v) is 4.89. The maximum Gasteiger partial charge on any atom is 0.239 e. The van der Waals surface area contributed by atoms with Gasteiger partial charge in [-0.15, -0.1) is 0 Å². The maximum atomic E-state index is 11.9. The Hall–Kier alpha value is -1.87. The molecule has 0 aromatic heterocycles. The molecule has 3 nitrogen and oxygen atoms in total. The molecule has 0 fully saturated rings. The lowest BCUT2D eigenvalue weighted by Crippen LogP contribution is -2.40. The van der Waals surface area contributed by atoms with Gasteiger partial charge < -0.3 is 10.6 Å². The van der Waals surface area contributed by atoms with Gasteiger partial charge in [-0.1, -0.05) is 43.3 Å². The molecule has 0 spiro atoms. The highest BCUT2D eigenvalue weighted by Gasteiger charge is 2.16. The number of carbonyl (C=O) groups is 1. The van der Waals surface area contributed by atoms with E-state index in [2.05, 4.69) is 30.3 Å². The van der Waals surface area contributed by atoms with Crippen molar-refractivity contribution in [1.82, 2.24) is 4.90 Å². The summed E-state index contributed by atoms with van der Waals surface area (Å²) in [4.78, 5) is 13.6. The molecule has 1 atom stereocenters. The van der Waals surface area contributed by atoms with Gasteiger partial charge in [0, 0.05) is 13.6 Å². The molecule has 0 radical (unpaired) electrons. The molecule has 2 aromatic rings. The van der Waals surface area contributed by atoms with E-state index in [1.165, 1.54) is 10.8 Å². The smallest absolute Gasteiger partial charge is 0.239 e. The first-order chi connectivity index (χ1) is 9.11. The molecule has 0 aliphatic carbocycles. The van der Waals surface area contributed by atoms with Gasteiger partial charge in [-0.25, -0.2) is 0 Å². The van der Waals surface area contributed by atoms with Gasteiger partial charge in [0.15, 0.2) is 0 Å². The highest BCUT2D eigenvalue weighted by molar-refractivity contribution is 5.84. The molecule has 1 amide bonds. The first kappa shape index (κ1) is 13.6. The van der Waals surface area contributed by atoms with E-state index < -0.39 is 6.04 Å². The standard InChI is InChI=1S/C16H20N2O/c1-3-15(17)16(19)18(2)11-12-8-9-13-6-4-5-7-14(13)10-12/h4-10,15H,3,11,17H2,1-2H3/t15-/m1/s1. The molecule has 3 heteroatoms. The zero-order valence-corrected chi connectivity index (χ0v) is 11.5. The van der Waals surface area contributed by atoms with Crippen molar-refractivity contribution in [2.45, 2.75) is 25.9 Å². The van der Waals surface area contributed by atoms with Gasteiger partial charge in [0.1, 0.15) is 0 Å². The monoisotopic (exact) mass is 256 g/mol. The van der Waals surface area contributed by atoms with Crippen LogP contribution in [0.15, 0.2) is 42.5 Å². The van der Waals surface area contributed by atoms with Crippen molar-refractivity contribution in [2.75, 3.05) is 7.05 Å². The topological polar surface area (TPSA) is 46.3 Å². The molecule has 0 bridgehead atoms. The molecule has 0 aliphatic rings. The Bertz CT molecular complexity index is 580. The summed E-state index contributed by atoms with van der Waals surface area (Å²) >= 11 is 0. The summed E-state index contributed by atoms with van der Waals surface area (Å²) in [5.41, 5.74) is 6.89. The Morgan fingerprint density at radius 1 is 1.21 bits per heavy atom. The zero-order valence-electron chi connectivity index (χ0n) is 11.5. The average Bonchev–Trinajstić information content (AvgIpc) is 2.45. The van der Waals surface area contributed by atoms with E-state index in [-0.39, 0.29) is 5.91 Å². The van der Waals surface area contributed by atoms with Crippen LogP contribution in [-0.4, -0.2) is 23.9 Å². The minimum absolute atomic E-state index is 0.00402. The highest BCUT2D eigenvalue weighted by Crippen LogP contribution is 2.16. The normalized spacial score (nSPS) is 12.4. The second-order valence-electron chi connectivity index (χ2n) is 4.89. The van der Waals surface area contributed by atoms with Crippen LogP contribution in [0.3, 0.4) is 0 Å². The van der Waals surface area contributed by atoms with Crippen LogP contribution in [0.1, 0.15) is 18.9 Å². The maximum absolute atomic E-state index is 11.9. The van der Waals surface area contributed by atoms with Crippen LogP contribution in [0, 0.1) is 0 Å². The van der Waals surface area contributed by atoms with Gasteiger partial charge in [0.25, 0.3) is 0 Å². The highest BCUT2D eigenvalue weighted by atomic mass is 16.2. The fourth-order valence-corrected chi connectivity index (χ4v) is 2.15. The molecule has 2 N–H and O–H groups in total. The van der Waals surface area contributed by atoms with Gasteiger partial charge in [0.05, 0.1) is 6.04 Å². The van der Waals surface area contributed by atoms with E-state index in [1.54, 1.807) is 11.9 Å². The molecular weight excluding hydrogens is 236 g/mol. The summed E-state index contributed by atoms with van der Waals surface area (Å²) in [5, 5.41) is 2.41. The summed E-state index contributed by atoms with van der Waals surface area (Å²) in [6.07, 6.45) is 0.668. The Morgan fingerprint density at radius 3 is 2.58 bits per heavy atom. The van der Waals surface area contributed by atoms with Crippen LogP contribution in [0.25, 0.3) is 10.8 Å². The molecule has 0 heterocycles. The van der Waals surface area contributed by atoms with Crippen LogP contribution in [0.4, 0.5) is 0 Å². The number of likely N-dealkylation sites (N-methyl/N-ethyl adjacent to an activating group) is 1. The summed E-state index contributed by atoms with van der Waals surface area (Å²) in [6.45, 7) is 2.52. The van der Waals surface area contributed by atoms with Crippen molar-refractivity contribution in [1.29, 1.82) is 0 Å². The average molecular weight is 256 g/mol. The first-order valence-corrected chi connectivity index (χ1v) is 6.60. The van der Waals surface area contributed by atoms with Crippen LogP contribution >= 0.6 is 0 Å². The van der Waals surface area contributed by atoms with Crippen LogP contribution < -0.4 is 5.73 Å². The third kappa shape index (κ3) is 3.12. The third-order valence-electron chi connectivity index (χ3n) is 3.37. The second kappa shape index (κ2) is 5.85. The number of benzene rings is 2. The van der Waals surface area contributed by atoms with E-state index in [1.807, 2.05) is 19.1 Å². The molecule has 100 valence electrons. The molecule has 2 aromatic carbocycles. The fourth-order valence-electron chi connectivity index (χ4n) is 2.15. The SMILES string of the molecule is CC[C@@H](N)C(=O)N(C)Cc1ccc2ccccc2c1. The number of fused-ring (bicyclic) bond motifs is 1. The zero-order chi connectivity index (χ0) is 13.8. The predicted octanol–water partition coefficient (Wildman–Crippen LogP) is 2.54. The van der Waals surface area contributed by atoms with Gasteiger partial charge in [0.2, 0.25) is 5.91 Å². The van der Waals surface area contributed by atoms with E-state index in [0.29, 0.717) is 13.0 Å². The van der Waals surface area contributed by atoms with Gasteiger partial charge in [-0.3, -0.25) is 4.79 Å². The van der Waals surface area contributed by atoms with Crippen molar-refractivity contribution in [3.05, 3.63) is 48.0 Å². The molecule has 19 heavy (non-hydrogen) atoms. The number of nitrogens with two attached hydrogens (primary N) is 1. The molecule has 2 rings (SSSR count). The first-order valence-electron chi connectivity index (χ1n) is 6.60. The van der Waals surface area contributed by atoms with E-state index in [9.17, 15) is 4.79 Å². The van der Waals surface area contributed by atoms with Crippen molar-refractivity contribution >= 4 is 16.7 Å².